The Morgan fingerprint density at radius 1 is 0.340 bits per heavy atom. The molecule has 8 aromatic rings. The van der Waals surface area contributed by atoms with Crippen LogP contribution in [0.15, 0.2) is 146 Å². The smallest absolute Gasteiger partial charge is 0.127 e. The van der Waals surface area contributed by atoms with Crippen molar-refractivity contribution in [3.63, 3.8) is 0 Å². The van der Waals surface area contributed by atoms with E-state index in [1.54, 1.807) is 12.1 Å². The third-order valence-corrected chi connectivity index (χ3v) is 7.84. The van der Waals surface area contributed by atoms with Gasteiger partial charge in [-0.1, -0.05) is 60.7 Å². The standard InChI is InChI=1S/C40H24F2N4O/c41-29-15-21-33-35(23-29)45-37(25-7-3-1-4-8-25)39(43-33)27-11-17-31(18-12-27)47-32-19-13-28(14-20-32)40-38(26-9-5-2-6-10-26)46-36-24-30(42)16-22-34(36)44-40/h1-24H. The number of ether oxygens (including phenoxy) is 1. The van der Waals surface area contributed by atoms with Gasteiger partial charge >= 0.3 is 0 Å². The van der Waals surface area contributed by atoms with Crippen molar-refractivity contribution in [2.45, 2.75) is 0 Å². The molecule has 7 heteroatoms. The lowest BCUT2D eigenvalue weighted by molar-refractivity contribution is 0.483. The predicted octanol–water partition coefficient (Wildman–Crippen LogP) is 10.3. The zero-order valence-corrected chi connectivity index (χ0v) is 24.8. The normalized spacial score (nSPS) is 11.2. The molecule has 0 aliphatic rings. The Morgan fingerprint density at radius 2 is 0.681 bits per heavy atom. The first kappa shape index (κ1) is 28.2. The van der Waals surface area contributed by atoms with E-state index < -0.39 is 0 Å². The lowest BCUT2D eigenvalue weighted by Crippen LogP contribution is -1.96. The maximum atomic E-state index is 14.0. The summed E-state index contributed by atoms with van der Waals surface area (Å²) < 4.78 is 34.2. The molecule has 0 amide bonds. The summed E-state index contributed by atoms with van der Waals surface area (Å²) in [6, 6.07) is 43.7. The molecule has 0 aliphatic carbocycles. The van der Waals surface area contributed by atoms with Crippen LogP contribution < -0.4 is 4.74 Å². The monoisotopic (exact) mass is 614 g/mol. The Kier molecular flexibility index (Phi) is 7.11. The van der Waals surface area contributed by atoms with Gasteiger partial charge in [0.05, 0.1) is 44.8 Å². The van der Waals surface area contributed by atoms with Crippen molar-refractivity contribution < 1.29 is 13.5 Å². The fourth-order valence-corrected chi connectivity index (χ4v) is 5.55. The predicted molar refractivity (Wildman–Crippen MR) is 181 cm³/mol. The molecular weight excluding hydrogens is 590 g/mol. The van der Waals surface area contributed by atoms with E-state index in [4.69, 9.17) is 24.7 Å². The van der Waals surface area contributed by atoms with Gasteiger partial charge in [0.1, 0.15) is 23.1 Å². The van der Waals surface area contributed by atoms with Crippen LogP contribution >= 0.6 is 0 Å². The van der Waals surface area contributed by atoms with Crippen LogP contribution in [0.2, 0.25) is 0 Å². The zero-order valence-electron chi connectivity index (χ0n) is 24.8. The minimum absolute atomic E-state index is 0.355. The Morgan fingerprint density at radius 3 is 1.06 bits per heavy atom. The van der Waals surface area contributed by atoms with Crippen molar-refractivity contribution in [2.24, 2.45) is 0 Å². The first-order valence-corrected chi connectivity index (χ1v) is 15.0. The molecule has 0 saturated carbocycles. The fraction of sp³-hybridized carbons (Fsp3) is 0. The van der Waals surface area contributed by atoms with Crippen molar-refractivity contribution in [1.82, 2.24) is 19.9 Å². The molecule has 224 valence electrons. The topological polar surface area (TPSA) is 60.8 Å². The first-order chi connectivity index (χ1) is 23.1. The van der Waals surface area contributed by atoms with Gasteiger partial charge in [-0.3, -0.25) is 0 Å². The Balaban J connectivity index is 1.10. The van der Waals surface area contributed by atoms with Gasteiger partial charge in [0.15, 0.2) is 0 Å². The van der Waals surface area contributed by atoms with Crippen LogP contribution in [0.1, 0.15) is 0 Å². The first-order valence-electron chi connectivity index (χ1n) is 15.0. The Labute approximate surface area is 268 Å². The van der Waals surface area contributed by atoms with Crippen LogP contribution in [0, 0.1) is 11.6 Å². The molecule has 2 aromatic heterocycles. The molecular formula is C40H24F2N4O. The molecule has 47 heavy (non-hydrogen) atoms. The van der Waals surface area contributed by atoms with Crippen LogP contribution in [0.4, 0.5) is 8.78 Å². The van der Waals surface area contributed by atoms with Crippen LogP contribution in [-0.2, 0) is 0 Å². The van der Waals surface area contributed by atoms with Crippen molar-refractivity contribution in [3.8, 4) is 56.5 Å². The molecule has 0 N–H and O–H groups in total. The molecule has 6 aromatic carbocycles. The van der Waals surface area contributed by atoms with Gasteiger partial charge in [-0.15, -0.1) is 0 Å². The van der Waals surface area contributed by atoms with Crippen LogP contribution in [0.5, 0.6) is 11.5 Å². The molecule has 0 bridgehead atoms. The maximum absolute atomic E-state index is 14.0. The van der Waals surface area contributed by atoms with Crippen LogP contribution in [-0.4, -0.2) is 19.9 Å². The molecule has 5 nitrogen and oxygen atoms in total. The third-order valence-electron chi connectivity index (χ3n) is 7.84. The van der Waals surface area contributed by atoms with Crippen molar-refractivity contribution in [3.05, 3.63) is 157 Å². The molecule has 0 saturated heterocycles. The number of hydrogen-bond acceptors (Lipinski definition) is 5. The van der Waals surface area contributed by atoms with E-state index in [9.17, 15) is 8.78 Å². The van der Waals surface area contributed by atoms with E-state index >= 15 is 0 Å². The van der Waals surface area contributed by atoms with Gasteiger partial charge in [0, 0.05) is 34.4 Å². The summed E-state index contributed by atoms with van der Waals surface area (Å²) >= 11 is 0. The summed E-state index contributed by atoms with van der Waals surface area (Å²) in [5.74, 6) is 0.588. The summed E-state index contributed by atoms with van der Waals surface area (Å²) in [5, 5.41) is 0. The van der Waals surface area contributed by atoms with Crippen LogP contribution in [0.3, 0.4) is 0 Å². The zero-order chi connectivity index (χ0) is 31.7. The Hall–Kier alpha value is -6.34. The number of benzene rings is 6. The maximum Gasteiger partial charge on any atom is 0.127 e. The summed E-state index contributed by atoms with van der Waals surface area (Å²) in [4.78, 5) is 19.3. The third kappa shape index (κ3) is 5.66. The van der Waals surface area contributed by atoms with Crippen molar-refractivity contribution >= 4 is 22.1 Å². The largest absolute Gasteiger partial charge is 0.457 e. The van der Waals surface area contributed by atoms with E-state index in [1.165, 1.54) is 24.3 Å². The fourth-order valence-electron chi connectivity index (χ4n) is 5.55. The highest BCUT2D eigenvalue weighted by Crippen LogP contribution is 2.35. The van der Waals surface area contributed by atoms with Gasteiger partial charge in [-0.25, -0.2) is 28.7 Å². The summed E-state index contributed by atoms with van der Waals surface area (Å²) in [6.07, 6.45) is 0. The summed E-state index contributed by atoms with van der Waals surface area (Å²) in [5.41, 5.74) is 8.43. The second-order valence-electron chi connectivity index (χ2n) is 11.0. The van der Waals surface area contributed by atoms with Crippen molar-refractivity contribution in [2.75, 3.05) is 0 Å². The molecule has 0 atom stereocenters. The van der Waals surface area contributed by atoms with E-state index in [2.05, 4.69) is 0 Å². The van der Waals surface area contributed by atoms with Crippen molar-refractivity contribution in [1.29, 1.82) is 0 Å². The minimum Gasteiger partial charge on any atom is -0.457 e. The average molecular weight is 615 g/mol. The average Bonchev–Trinajstić information content (AvgIpc) is 3.12. The van der Waals surface area contributed by atoms with Gasteiger partial charge in [-0.2, -0.15) is 0 Å². The van der Waals surface area contributed by atoms with E-state index in [-0.39, 0.29) is 11.6 Å². The highest BCUT2D eigenvalue weighted by molar-refractivity contribution is 5.87. The molecule has 0 aliphatic heterocycles. The van der Waals surface area contributed by atoms with Gasteiger partial charge in [-0.05, 0) is 72.8 Å². The van der Waals surface area contributed by atoms with E-state index in [0.29, 0.717) is 56.3 Å². The van der Waals surface area contributed by atoms with E-state index in [1.807, 2.05) is 109 Å². The summed E-state index contributed by atoms with van der Waals surface area (Å²) in [6.45, 7) is 0. The molecule has 0 radical (unpaired) electrons. The second kappa shape index (κ2) is 11.9. The summed E-state index contributed by atoms with van der Waals surface area (Å²) in [7, 11) is 0. The number of hydrogen-bond donors (Lipinski definition) is 0. The SMILES string of the molecule is Fc1ccc2nc(-c3ccc(Oc4ccc(-c5nc6ccc(F)cc6nc5-c5ccccc5)cc4)cc3)c(-c3ccccc3)nc2c1. The lowest BCUT2D eigenvalue weighted by Gasteiger charge is -2.13. The number of aromatic nitrogens is 4. The number of fused-ring (bicyclic) bond motifs is 2. The lowest BCUT2D eigenvalue weighted by atomic mass is 10.0. The molecule has 8 rings (SSSR count). The number of halogens is 2. The molecule has 0 spiro atoms. The quantitative estimate of drug-likeness (QED) is 0.187. The van der Waals surface area contributed by atoms with Gasteiger partial charge in [0.25, 0.3) is 0 Å². The van der Waals surface area contributed by atoms with Gasteiger partial charge < -0.3 is 4.74 Å². The number of rotatable bonds is 6. The minimum atomic E-state index is -0.355. The van der Waals surface area contributed by atoms with Crippen LogP contribution in [0.25, 0.3) is 67.1 Å². The molecule has 2 heterocycles. The molecule has 0 unspecified atom stereocenters. The highest BCUT2D eigenvalue weighted by atomic mass is 19.1. The van der Waals surface area contributed by atoms with E-state index in [0.717, 1.165) is 22.3 Å². The Bertz CT molecular complexity index is 2210. The van der Waals surface area contributed by atoms with Gasteiger partial charge in [0.2, 0.25) is 0 Å². The number of nitrogens with zero attached hydrogens (tertiary/aromatic N) is 4. The highest BCUT2D eigenvalue weighted by Gasteiger charge is 2.16. The molecule has 0 fully saturated rings. The second-order valence-corrected chi connectivity index (χ2v) is 11.0.